The second-order valence-electron chi connectivity index (χ2n) is 2.34. The summed E-state index contributed by atoms with van der Waals surface area (Å²) in [7, 11) is 1.62. The summed E-state index contributed by atoms with van der Waals surface area (Å²) in [5.41, 5.74) is 0. The van der Waals surface area contributed by atoms with Crippen molar-refractivity contribution in [1.29, 1.82) is 0 Å². The largest absolute Gasteiger partial charge is 0.466 e. The fraction of sp³-hybridized carbons (Fsp3) is 0.750. The van der Waals surface area contributed by atoms with Crippen LogP contribution in [0.4, 0.5) is 0 Å². The van der Waals surface area contributed by atoms with E-state index in [-0.39, 0.29) is 12.4 Å². The zero-order chi connectivity index (χ0) is 9.40. The van der Waals surface area contributed by atoms with Gasteiger partial charge in [-0.1, -0.05) is 0 Å². The average molecular weight is 173 g/mol. The number of rotatable bonds is 5. The van der Waals surface area contributed by atoms with Gasteiger partial charge in [-0.05, 0) is 6.92 Å². The molecule has 70 valence electrons. The molecule has 0 spiro atoms. The standard InChI is InChI=1S/C8H15NO3/c1-3-12-8(11)6-7(10)4-5-9-2/h5,7,10H,3-4,6H2,1-2H3/t7-/m1/s1. The molecule has 0 heterocycles. The molecule has 4 nitrogen and oxygen atoms in total. The maximum absolute atomic E-state index is 10.8. The van der Waals surface area contributed by atoms with E-state index in [1.54, 1.807) is 20.2 Å². The Labute approximate surface area is 72.3 Å². The van der Waals surface area contributed by atoms with Crippen LogP contribution in [0.3, 0.4) is 0 Å². The van der Waals surface area contributed by atoms with Crippen LogP contribution in [0.1, 0.15) is 19.8 Å². The van der Waals surface area contributed by atoms with Crippen LogP contribution < -0.4 is 0 Å². The first-order valence-electron chi connectivity index (χ1n) is 3.95. The van der Waals surface area contributed by atoms with E-state index in [9.17, 15) is 9.90 Å². The van der Waals surface area contributed by atoms with E-state index in [0.717, 1.165) is 0 Å². The van der Waals surface area contributed by atoms with E-state index in [2.05, 4.69) is 9.73 Å². The maximum atomic E-state index is 10.8. The fourth-order valence-corrected chi connectivity index (χ4v) is 0.723. The molecule has 0 aliphatic heterocycles. The molecule has 12 heavy (non-hydrogen) atoms. The number of aliphatic hydroxyl groups is 1. The Bertz CT molecular complexity index is 156. The average Bonchev–Trinajstić information content (AvgIpc) is 2.01. The predicted molar refractivity (Wildman–Crippen MR) is 46.3 cm³/mol. The van der Waals surface area contributed by atoms with Crippen molar-refractivity contribution < 1.29 is 14.6 Å². The third-order valence-corrected chi connectivity index (χ3v) is 1.27. The highest BCUT2D eigenvalue weighted by atomic mass is 16.5. The Morgan fingerprint density at radius 2 is 2.42 bits per heavy atom. The van der Waals surface area contributed by atoms with Crippen LogP contribution in [0, 0.1) is 0 Å². The Kier molecular flexibility index (Phi) is 6.28. The SMILES string of the molecule is CCOC(=O)C[C@H](O)CC=NC. The quantitative estimate of drug-likeness (QED) is 0.483. The summed E-state index contributed by atoms with van der Waals surface area (Å²) in [4.78, 5) is 14.5. The van der Waals surface area contributed by atoms with Gasteiger partial charge in [0.2, 0.25) is 0 Å². The minimum absolute atomic E-state index is 0.0415. The third-order valence-electron chi connectivity index (χ3n) is 1.27. The van der Waals surface area contributed by atoms with Crippen LogP contribution in [-0.2, 0) is 9.53 Å². The van der Waals surface area contributed by atoms with Crippen molar-refractivity contribution in [2.75, 3.05) is 13.7 Å². The molecule has 0 amide bonds. The normalized spacial score (nSPS) is 13.2. The van der Waals surface area contributed by atoms with E-state index in [0.29, 0.717) is 13.0 Å². The van der Waals surface area contributed by atoms with Gasteiger partial charge in [-0.15, -0.1) is 0 Å². The molecule has 4 heteroatoms. The number of aliphatic hydroxyl groups excluding tert-OH is 1. The minimum atomic E-state index is -0.673. The fourth-order valence-electron chi connectivity index (χ4n) is 0.723. The van der Waals surface area contributed by atoms with Crippen molar-refractivity contribution in [1.82, 2.24) is 0 Å². The molecule has 0 aliphatic carbocycles. The number of hydrogen-bond acceptors (Lipinski definition) is 4. The van der Waals surface area contributed by atoms with Crippen molar-refractivity contribution in [3.05, 3.63) is 0 Å². The molecule has 0 aromatic carbocycles. The first kappa shape index (κ1) is 11.1. The van der Waals surface area contributed by atoms with Crippen molar-refractivity contribution >= 4 is 12.2 Å². The van der Waals surface area contributed by atoms with Gasteiger partial charge in [-0.3, -0.25) is 4.79 Å². The summed E-state index contributed by atoms with van der Waals surface area (Å²) in [5, 5.41) is 9.19. The summed E-state index contributed by atoms with van der Waals surface area (Å²) in [5.74, 6) is -0.366. The molecule has 0 unspecified atom stereocenters. The number of carbonyl (C=O) groups is 1. The van der Waals surface area contributed by atoms with Gasteiger partial charge in [0, 0.05) is 19.7 Å². The van der Waals surface area contributed by atoms with Crippen molar-refractivity contribution in [3.63, 3.8) is 0 Å². The number of aliphatic imine (C=N–C) groups is 1. The second kappa shape index (κ2) is 6.79. The summed E-state index contributed by atoms with van der Waals surface area (Å²) in [6.45, 7) is 2.09. The van der Waals surface area contributed by atoms with Gasteiger partial charge in [-0.25, -0.2) is 0 Å². The second-order valence-corrected chi connectivity index (χ2v) is 2.34. The number of hydrogen-bond donors (Lipinski definition) is 1. The van der Waals surface area contributed by atoms with Crippen LogP contribution >= 0.6 is 0 Å². The van der Waals surface area contributed by atoms with Crippen LogP contribution in [0.15, 0.2) is 4.99 Å². The molecule has 0 rings (SSSR count). The third kappa shape index (κ3) is 5.85. The molecule has 0 aromatic rings. The summed E-state index contributed by atoms with van der Waals surface area (Å²) >= 11 is 0. The highest BCUT2D eigenvalue weighted by molar-refractivity contribution is 5.70. The Hall–Kier alpha value is -0.900. The van der Waals surface area contributed by atoms with Gasteiger partial charge >= 0.3 is 5.97 Å². The van der Waals surface area contributed by atoms with Gasteiger partial charge in [0.05, 0.1) is 19.1 Å². The molecule has 1 N–H and O–H groups in total. The lowest BCUT2D eigenvalue weighted by Crippen LogP contribution is -2.15. The molecular formula is C8H15NO3. The van der Waals surface area contributed by atoms with Gasteiger partial charge in [0.25, 0.3) is 0 Å². The lowest BCUT2D eigenvalue weighted by molar-refractivity contribution is -0.145. The van der Waals surface area contributed by atoms with Gasteiger partial charge in [-0.2, -0.15) is 0 Å². The van der Waals surface area contributed by atoms with Crippen LogP contribution in [0.5, 0.6) is 0 Å². The Morgan fingerprint density at radius 1 is 1.75 bits per heavy atom. The van der Waals surface area contributed by atoms with Gasteiger partial charge in [0.1, 0.15) is 0 Å². The molecule has 0 bridgehead atoms. The molecule has 0 radical (unpaired) electrons. The topological polar surface area (TPSA) is 58.9 Å². The van der Waals surface area contributed by atoms with Crippen LogP contribution in [0.25, 0.3) is 0 Å². The van der Waals surface area contributed by atoms with Crippen molar-refractivity contribution in [3.8, 4) is 0 Å². The maximum Gasteiger partial charge on any atom is 0.308 e. The Morgan fingerprint density at radius 3 is 2.92 bits per heavy atom. The van der Waals surface area contributed by atoms with E-state index in [4.69, 9.17) is 0 Å². The van der Waals surface area contributed by atoms with Crippen LogP contribution in [0.2, 0.25) is 0 Å². The summed E-state index contributed by atoms with van der Waals surface area (Å²) in [6, 6.07) is 0. The smallest absolute Gasteiger partial charge is 0.308 e. The van der Waals surface area contributed by atoms with E-state index < -0.39 is 6.10 Å². The first-order valence-corrected chi connectivity index (χ1v) is 3.95. The van der Waals surface area contributed by atoms with Crippen molar-refractivity contribution in [2.45, 2.75) is 25.9 Å². The van der Waals surface area contributed by atoms with E-state index >= 15 is 0 Å². The van der Waals surface area contributed by atoms with Crippen LogP contribution in [-0.4, -0.2) is 37.0 Å². The van der Waals surface area contributed by atoms with Gasteiger partial charge < -0.3 is 14.8 Å². The van der Waals surface area contributed by atoms with E-state index in [1.807, 2.05) is 0 Å². The molecule has 0 aromatic heterocycles. The Balaban J connectivity index is 3.53. The zero-order valence-electron chi connectivity index (χ0n) is 7.49. The minimum Gasteiger partial charge on any atom is -0.466 e. The molecule has 0 aliphatic rings. The molecular weight excluding hydrogens is 158 g/mol. The van der Waals surface area contributed by atoms with Gasteiger partial charge in [0.15, 0.2) is 0 Å². The lowest BCUT2D eigenvalue weighted by Gasteiger charge is -2.05. The monoisotopic (exact) mass is 173 g/mol. The number of ether oxygens (including phenoxy) is 1. The van der Waals surface area contributed by atoms with E-state index in [1.165, 1.54) is 0 Å². The number of esters is 1. The summed E-state index contributed by atoms with van der Waals surface area (Å²) in [6.07, 6.45) is 1.34. The molecule has 1 atom stereocenters. The number of carbonyl (C=O) groups excluding carboxylic acids is 1. The molecule has 0 saturated carbocycles. The first-order chi connectivity index (χ1) is 5.70. The number of nitrogens with zero attached hydrogens (tertiary/aromatic N) is 1. The zero-order valence-corrected chi connectivity index (χ0v) is 7.49. The molecule has 0 saturated heterocycles. The predicted octanol–water partition coefficient (Wildman–Crippen LogP) is 0.391. The molecule has 0 fully saturated rings. The highest BCUT2D eigenvalue weighted by Crippen LogP contribution is 1.97. The summed E-state index contributed by atoms with van der Waals surface area (Å²) < 4.78 is 4.65. The van der Waals surface area contributed by atoms with Crippen molar-refractivity contribution in [2.24, 2.45) is 4.99 Å². The highest BCUT2D eigenvalue weighted by Gasteiger charge is 2.09. The lowest BCUT2D eigenvalue weighted by atomic mass is 10.2.